The van der Waals surface area contributed by atoms with E-state index in [2.05, 4.69) is 24.0 Å². The molecule has 0 aliphatic carbocycles. The molecule has 2 aromatic rings. The van der Waals surface area contributed by atoms with Crippen LogP contribution in [-0.4, -0.2) is 30.6 Å². The molecule has 1 N–H and O–H groups in total. The zero-order chi connectivity index (χ0) is 18.6. The Labute approximate surface area is 159 Å². The lowest BCUT2D eigenvalue weighted by atomic mass is 10.2. The standard InChI is InChI=1S/C18H19NO3S.C3H6/c20-18(22-11-14-7-3-1-4-8-14)19-16(17-12-21-17)13-23-15-9-5-2-6-10-15;1-3-2/h1-10,16-17H,11-13H2,(H,19,20);3H,1H2,2H3/t16-,17+;/m0./s1. The maximum absolute atomic E-state index is 12.0. The highest BCUT2D eigenvalue weighted by Gasteiger charge is 2.34. The van der Waals surface area contributed by atoms with E-state index in [0.717, 1.165) is 11.3 Å². The van der Waals surface area contributed by atoms with E-state index in [1.807, 2.05) is 55.5 Å². The van der Waals surface area contributed by atoms with Gasteiger partial charge in [0.05, 0.1) is 12.6 Å². The Morgan fingerprint density at radius 2 is 1.85 bits per heavy atom. The van der Waals surface area contributed by atoms with E-state index in [9.17, 15) is 4.79 Å². The van der Waals surface area contributed by atoms with Gasteiger partial charge in [-0.05, 0) is 24.6 Å². The molecule has 1 amide bonds. The summed E-state index contributed by atoms with van der Waals surface area (Å²) in [5.41, 5.74) is 0.973. The van der Waals surface area contributed by atoms with Gasteiger partial charge in [0, 0.05) is 10.6 Å². The van der Waals surface area contributed by atoms with Crippen molar-refractivity contribution in [2.24, 2.45) is 0 Å². The van der Waals surface area contributed by atoms with Crippen molar-refractivity contribution in [2.45, 2.75) is 30.6 Å². The van der Waals surface area contributed by atoms with E-state index in [1.54, 1.807) is 17.8 Å². The third kappa shape index (κ3) is 7.76. The zero-order valence-electron chi connectivity index (χ0n) is 15.0. The normalized spacial score (nSPS) is 15.8. The molecule has 0 spiro atoms. The van der Waals surface area contributed by atoms with E-state index < -0.39 is 6.09 Å². The number of carbonyl (C=O) groups excluding carboxylic acids is 1. The van der Waals surface area contributed by atoms with Crippen molar-refractivity contribution in [1.82, 2.24) is 5.32 Å². The van der Waals surface area contributed by atoms with Crippen molar-refractivity contribution in [2.75, 3.05) is 12.4 Å². The quantitative estimate of drug-likeness (QED) is 0.437. The maximum Gasteiger partial charge on any atom is 0.407 e. The van der Waals surface area contributed by atoms with Crippen LogP contribution < -0.4 is 5.32 Å². The van der Waals surface area contributed by atoms with Gasteiger partial charge in [0.2, 0.25) is 0 Å². The Balaban J connectivity index is 0.000000758. The summed E-state index contributed by atoms with van der Waals surface area (Å²) in [5.74, 6) is 0.759. The highest BCUT2D eigenvalue weighted by molar-refractivity contribution is 7.99. The Kier molecular flexibility index (Phi) is 8.79. The minimum Gasteiger partial charge on any atom is -0.445 e. The van der Waals surface area contributed by atoms with Gasteiger partial charge in [-0.2, -0.15) is 0 Å². The molecule has 2 aromatic carbocycles. The van der Waals surface area contributed by atoms with Crippen molar-refractivity contribution in [3.63, 3.8) is 0 Å². The predicted octanol–water partition coefficient (Wildman–Crippen LogP) is 4.66. The number of rotatable bonds is 7. The number of ether oxygens (including phenoxy) is 2. The minimum atomic E-state index is -0.400. The van der Waals surface area contributed by atoms with E-state index >= 15 is 0 Å². The summed E-state index contributed by atoms with van der Waals surface area (Å²) in [4.78, 5) is 13.2. The molecule has 1 aliphatic rings. The van der Waals surface area contributed by atoms with Crippen LogP contribution in [0.1, 0.15) is 12.5 Å². The van der Waals surface area contributed by atoms with Crippen LogP contribution in [0, 0.1) is 0 Å². The van der Waals surface area contributed by atoms with Gasteiger partial charge in [0.25, 0.3) is 0 Å². The van der Waals surface area contributed by atoms with Crippen molar-refractivity contribution in [3.05, 3.63) is 78.9 Å². The molecule has 138 valence electrons. The second kappa shape index (κ2) is 11.4. The van der Waals surface area contributed by atoms with Gasteiger partial charge in [-0.1, -0.05) is 54.6 Å². The van der Waals surface area contributed by atoms with Crippen molar-refractivity contribution < 1.29 is 14.3 Å². The first-order chi connectivity index (χ1) is 12.7. The lowest BCUT2D eigenvalue weighted by molar-refractivity contribution is 0.134. The highest BCUT2D eigenvalue weighted by Crippen LogP contribution is 2.23. The molecule has 3 rings (SSSR count). The monoisotopic (exact) mass is 371 g/mol. The summed E-state index contributed by atoms with van der Waals surface area (Å²) in [5, 5.41) is 2.91. The molecule has 26 heavy (non-hydrogen) atoms. The highest BCUT2D eigenvalue weighted by atomic mass is 32.2. The second-order valence-corrected chi connectivity index (χ2v) is 6.81. The molecule has 1 heterocycles. The molecule has 0 unspecified atom stereocenters. The van der Waals surface area contributed by atoms with Crippen molar-refractivity contribution in [3.8, 4) is 0 Å². The molecular weight excluding hydrogens is 346 g/mol. The molecule has 0 radical (unpaired) electrons. The molecule has 1 fully saturated rings. The average Bonchev–Trinajstić information content (AvgIpc) is 3.51. The van der Waals surface area contributed by atoms with Gasteiger partial charge >= 0.3 is 6.09 Å². The number of alkyl carbamates (subject to hydrolysis) is 1. The van der Waals surface area contributed by atoms with Gasteiger partial charge < -0.3 is 14.8 Å². The SMILES string of the molecule is C=CC.O=C(N[C@@H](CSc1ccccc1)[C@H]1CO1)OCc1ccccc1. The zero-order valence-corrected chi connectivity index (χ0v) is 15.8. The van der Waals surface area contributed by atoms with Crippen LogP contribution >= 0.6 is 11.8 Å². The first-order valence-electron chi connectivity index (χ1n) is 8.56. The fraction of sp³-hybridized carbons (Fsp3) is 0.286. The number of hydrogen-bond acceptors (Lipinski definition) is 4. The van der Waals surface area contributed by atoms with E-state index in [4.69, 9.17) is 9.47 Å². The first kappa shape index (κ1) is 20.1. The number of hydrogen-bond donors (Lipinski definition) is 1. The third-order valence-corrected chi connectivity index (χ3v) is 4.63. The van der Waals surface area contributed by atoms with Crippen molar-refractivity contribution >= 4 is 17.9 Å². The smallest absolute Gasteiger partial charge is 0.407 e. The summed E-state index contributed by atoms with van der Waals surface area (Å²) in [7, 11) is 0. The topological polar surface area (TPSA) is 50.9 Å². The van der Waals surface area contributed by atoms with Gasteiger partial charge in [-0.15, -0.1) is 18.3 Å². The van der Waals surface area contributed by atoms with Crippen LogP contribution in [0.15, 0.2) is 78.2 Å². The van der Waals surface area contributed by atoms with Crippen LogP contribution in [0.3, 0.4) is 0 Å². The summed E-state index contributed by atoms with van der Waals surface area (Å²) in [6, 6.07) is 19.7. The van der Waals surface area contributed by atoms with Gasteiger partial charge in [0.1, 0.15) is 12.7 Å². The van der Waals surface area contributed by atoms with Gasteiger partial charge in [-0.3, -0.25) is 0 Å². The van der Waals surface area contributed by atoms with Crippen LogP contribution in [-0.2, 0) is 16.1 Å². The lowest BCUT2D eigenvalue weighted by Crippen LogP contribution is -2.40. The van der Waals surface area contributed by atoms with Crippen molar-refractivity contribution in [1.29, 1.82) is 0 Å². The fourth-order valence-electron chi connectivity index (χ4n) is 2.15. The summed E-state index contributed by atoms with van der Waals surface area (Å²) < 4.78 is 10.6. The van der Waals surface area contributed by atoms with Crippen LogP contribution in [0.5, 0.6) is 0 Å². The first-order valence-corrected chi connectivity index (χ1v) is 9.55. The number of thioether (sulfide) groups is 1. The number of carbonyl (C=O) groups is 1. The number of epoxide rings is 1. The molecule has 2 atom stereocenters. The predicted molar refractivity (Wildman–Crippen MR) is 106 cm³/mol. The Morgan fingerprint density at radius 3 is 2.42 bits per heavy atom. The average molecular weight is 372 g/mol. The van der Waals surface area contributed by atoms with E-state index in [1.165, 1.54) is 4.90 Å². The molecule has 4 nitrogen and oxygen atoms in total. The third-order valence-electron chi connectivity index (χ3n) is 3.50. The number of benzene rings is 2. The Morgan fingerprint density at radius 1 is 1.27 bits per heavy atom. The molecule has 0 saturated carbocycles. The number of nitrogens with one attached hydrogen (secondary N) is 1. The lowest BCUT2D eigenvalue weighted by Gasteiger charge is -2.16. The van der Waals surface area contributed by atoms with E-state index in [0.29, 0.717) is 6.61 Å². The number of amides is 1. The fourth-order valence-corrected chi connectivity index (χ4v) is 3.17. The Hall–Kier alpha value is -2.24. The summed E-state index contributed by atoms with van der Waals surface area (Å²) in [6.07, 6.45) is 1.44. The van der Waals surface area contributed by atoms with Crippen LogP contribution in [0.2, 0.25) is 0 Å². The molecule has 5 heteroatoms. The van der Waals surface area contributed by atoms with Crippen LogP contribution in [0.25, 0.3) is 0 Å². The molecule has 1 aliphatic heterocycles. The van der Waals surface area contributed by atoms with E-state index in [-0.39, 0.29) is 18.8 Å². The maximum atomic E-state index is 12.0. The Bertz CT molecular complexity index is 659. The number of allylic oxidation sites excluding steroid dienone is 1. The second-order valence-electron chi connectivity index (χ2n) is 5.72. The largest absolute Gasteiger partial charge is 0.445 e. The summed E-state index contributed by atoms with van der Waals surface area (Å²) in [6.45, 7) is 6.22. The summed E-state index contributed by atoms with van der Waals surface area (Å²) >= 11 is 1.70. The molecule has 1 saturated heterocycles. The van der Waals surface area contributed by atoms with Gasteiger partial charge in [-0.25, -0.2) is 4.79 Å². The van der Waals surface area contributed by atoms with Gasteiger partial charge in [0.15, 0.2) is 0 Å². The molecular formula is C21H25NO3S. The molecule has 0 aromatic heterocycles. The van der Waals surface area contributed by atoms with Crippen LogP contribution in [0.4, 0.5) is 4.79 Å². The molecule has 0 bridgehead atoms. The minimum absolute atomic E-state index is 0.0384.